The van der Waals surface area contributed by atoms with Crippen LogP contribution in [-0.2, 0) is 4.79 Å². The molecule has 0 radical (unpaired) electrons. The fourth-order valence-corrected chi connectivity index (χ4v) is 3.34. The molecule has 3 aromatic carbocycles. The third-order valence-electron chi connectivity index (χ3n) is 3.90. The van der Waals surface area contributed by atoms with E-state index in [0.29, 0.717) is 17.2 Å². The number of nitro benzene ring substituents is 1. The van der Waals surface area contributed by atoms with Crippen LogP contribution in [0.15, 0.2) is 77.7 Å². The summed E-state index contributed by atoms with van der Waals surface area (Å²) in [4.78, 5) is 34.4. The number of nitrogens with one attached hydrogen (secondary N) is 1. The van der Waals surface area contributed by atoms with E-state index in [1.54, 1.807) is 24.3 Å². The third-order valence-corrected chi connectivity index (χ3v) is 4.96. The Hall–Kier alpha value is -3.85. The zero-order valence-corrected chi connectivity index (χ0v) is 16.4. The van der Waals surface area contributed by atoms with Gasteiger partial charge in [0.05, 0.1) is 15.6 Å². The predicted molar refractivity (Wildman–Crippen MR) is 114 cm³/mol. The van der Waals surface area contributed by atoms with E-state index in [-0.39, 0.29) is 27.8 Å². The zero-order chi connectivity index (χ0) is 21.5. The summed E-state index contributed by atoms with van der Waals surface area (Å²) in [6.07, 6.45) is 0. The molecule has 0 bridgehead atoms. The molecular weight excluding hydrogens is 406 g/mol. The summed E-state index contributed by atoms with van der Waals surface area (Å²) in [6.45, 7) is 0. The Labute approximate surface area is 176 Å². The van der Waals surface area contributed by atoms with Crippen LogP contribution in [0.5, 0.6) is 11.5 Å². The van der Waals surface area contributed by atoms with Crippen molar-refractivity contribution in [2.45, 2.75) is 4.90 Å². The van der Waals surface area contributed by atoms with Gasteiger partial charge in [-0.25, -0.2) is 0 Å². The second kappa shape index (κ2) is 9.57. The predicted octanol–water partition coefficient (Wildman–Crippen LogP) is 4.22. The molecular formula is C21H17N3O5S. The number of thioether (sulfide) groups is 1. The number of para-hydroxylation sites is 1. The fraction of sp³-hybridized carbons (Fsp3) is 0.0476. The number of benzene rings is 3. The second-order valence-electron chi connectivity index (χ2n) is 6.08. The Morgan fingerprint density at radius 2 is 1.73 bits per heavy atom. The van der Waals surface area contributed by atoms with Crippen LogP contribution >= 0.6 is 11.8 Å². The highest BCUT2D eigenvalue weighted by Crippen LogP contribution is 2.30. The summed E-state index contributed by atoms with van der Waals surface area (Å²) in [7, 11) is 0. The van der Waals surface area contributed by atoms with Crippen LogP contribution < -0.4 is 15.8 Å². The van der Waals surface area contributed by atoms with Gasteiger partial charge in [0.25, 0.3) is 5.69 Å². The standard InChI is InChI=1S/C21H17N3O5S/c22-21(26)14-9-10-19(18(11-14)24(27)28)30-13-20(25)23-15-5-4-8-17(12-15)29-16-6-2-1-3-7-16/h1-12H,13H2,(H2,22,26)(H,23,25). The van der Waals surface area contributed by atoms with E-state index >= 15 is 0 Å². The van der Waals surface area contributed by atoms with Gasteiger partial charge >= 0.3 is 0 Å². The van der Waals surface area contributed by atoms with E-state index in [4.69, 9.17) is 10.5 Å². The molecule has 3 aromatic rings. The number of rotatable bonds is 8. The number of ether oxygens (including phenoxy) is 1. The van der Waals surface area contributed by atoms with Crippen molar-refractivity contribution in [2.75, 3.05) is 11.1 Å². The molecule has 0 aliphatic rings. The Bertz CT molecular complexity index is 1090. The molecule has 3 rings (SSSR count). The average molecular weight is 423 g/mol. The van der Waals surface area contributed by atoms with Gasteiger partial charge in [0, 0.05) is 23.4 Å². The fourth-order valence-electron chi connectivity index (χ4n) is 2.54. The molecule has 0 saturated heterocycles. The van der Waals surface area contributed by atoms with E-state index in [0.717, 1.165) is 17.8 Å². The zero-order valence-electron chi connectivity index (χ0n) is 15.6. The monoisotopic (exact) mass is 423 g/mol. The number of carbonyl (C=O) groups is 2. The van der Waals surface area contributed by atoms with Crippen molar-refractivity contribution in [1.82, 2.24) is 0 Å². The maximum Gasteiger partial charge on any atom is 0.283 e. The van der Waals surface area contributed by atoms with Gasteiger partial charge in [-0.2, -0.15) is 0 Å². The number of hydrogen-bond donors (Lipinski definition) is 2. The highest BCUT2D eigenvalue weighted by atomic mass is 32.2. The normalized spacial score (nSPS) is 10.3. The van der Waals surface area contributed by atoms with Crippen molar-refractivity contribution in [3.63, 3.8) is 0 Å². The quantitative estimate of drug-likeness (QED) is 0.318. The van der Waals surface area contributed by atoms with Crippen LogP contribution in [0.3, 0.4) is 0 Å². The smallest absolute Gasteiger partial charge is 0.283 e. The first-order valence-corrected chi connectivity index (χ1v) is 9.75. The molecule has 0 fully saturated rings. The molecule has 0 aromatic heterocycles. The van der Waals surface area contributed by atoms with Crippen molar-refractivity contribution in [3.05, 3.63) is 88.5 Å². The number of hydrogen-bond acceptors (Lipinski definition) is 6. The lowest BCUT2D eigenvalue weighted by atomic mass is 10.2. The Balaban J connectivity index is 1.63. The molecule has 0 aliphatic heterocycles. The lowest BCUT2D eigenvalue weighted by molar-refractivity contribution is -0.387. The van der Waals surface area contributed by atoms with Crippen LogP contribution in [0.1, 0.15) is 10.4 Å². The summed E-state index contributed by atoms with van der Waals surface area (Å²) in [5.74, 6) is 0.0725. The Morgan fingerprint density at radius 1 is 1.00 bits per heavy atom. The van der Waals surface area contributed by atoms with Gasteiger partial charge in [0.15, 0.2) is 0 Å². The first-order chi connectivity index (χ1) is 14.4. The third kappa shape index (κ3) is 5.58. The van der Waals surface area contributed by atoms with Crippen LogP contribution in [0.4, 0.5) is 11.4 Å². The summed E-state index contributed by atoms with van der Waals surface area (Å²) >= 11 is 0.993. The van der Waals surface area contributed by atoms with E-state index in [9.17, 15) is 19.7 Å². The first kappa shape index (κ1) is 20.9. The van der Waals surface area contributed by atoms with Crippen LogP contribution in [0.25, 0.3) is 0 Å². The van der Waals surface area contributed by atoms with Crippen molar-refractivity contribution < 1.29 is 19.2 Å². The van der Waals surface area contributed by atoms with Crippen LogP contribution in [0, 0.1) is 10.1 Å². The second-order valence-corrected chi connectivity index (χ2v) is 7.10. The van der Waals surface area contributed by atoms with Gasteiger partial charge in [-0.3, -0.25) is 19.7 Å². The Kier molecular flexibility index (Phi) is 6.66. The summed E-state index contributed by atoms with van der Waals surface area (Å²) in [5.41, 5.74) is 5.45. The minimum Gasteiger partial charge on any atom is -0.457 e. The van der Waals surface area contributed by atoms with Crippen LogP contribution in [-0.4, -0.2) is 22.5 Å². The maximum absolute atomic E-state index is 12.3. The SMILES string of the molecule is NC(=O)c1ccc(SCC(=O)Nc2cccc(Oc3ccccc3)c2)c([N+](=O)[O-])c1. The number of amides is 2. The van der Waals surface area contributed by atoms with Gasteiger partial charge in [-0.1, -0.05) is 24.3 Å². The lowest BCUT2D eigenvalue weighted by Gasteiger charge is -2.09. The topological polar surface area (TPSA) is 125 Å². The van der Waals surface area contributed by atoms with E-state index in [1.165, 1.54) is 12.1 Å². The van der Waals surface area contributed by atoms with Gasteiger partial charge in [0.1, 0.15) is 11.5 Å². The largest absolute Gasteiger partial charge is 0.457 e. The number of anilines is 1. The molecule has 0 saturated carbocycles. The summed E-state index contributed by atoms with van der Waals surface area (Å²) in [5, 5.41) is 14.0. The molecule has 30 heavy (non-hydrogen) atoms. The first-order valence-electron chi connectivity index (χ1n) is 8.76. The average Bonchev–Trinajstić information content (AvgIpc) is 2.73. The lowest BCUT2D eigenvalue weighted by Crippen LogP contribution is -2.14. The molecule has 0 unspecified atom stereocenters. The highest BCUT2D eigenvalue weighted by molar-refractivity contribution is 8.00. The number of nitro groups is 1. The number of primary amides is 1. The summed E-state index contributed by atoms with van der Waals surface area (Å²) in [6, 6.07) is 20.0. The molecule has 3 N–H and O–H groups in total. The molecule has 152 valence electrons. The molecule has 9 heteroatoms. The van der Waals surface area contributed by atoms with Crippen molar-refractivity contribution >= 4 is 35.0 Å². The van der Waals surface area contributed by atoms with Gasteiger partial charge < -0.3 is 15.8 Å². The summed E-state index contributed by atoms with van der Waals surface area (Å²) < 4.78 is 5.73. The molecule has 0 aliphatic carbocycles. The van der Waals surface area contributed by atoms with Gasteiger partial charge in [-0.05, 0) is 36.4 Å². The molecule has 0 atom stereocenters. The molecule has 0 heterocycles. The number of carbonyl (C=O) groups excluding carboxylic acids is 2. The van der Waals surface area contributed by atoms with Crippen molar-refractivity contribution in [2.24, 2.45) is 5.73 Å². The maximum atomic E-state index is 12.3. The van der Waals surface area contributed by atoms with Crippen molar-refractivity contribution in [3.8, 4) is 11.5 Å². The minimum atomic E-state index is -0.759. The van der Waals surface area contributed by atoms with Gasteiger partial charge in [-0.15, -0.1) is 11.8 Å². The van der Waals surface area contributed by atoms with E-state index < -0.39 is 10.8 Å². The highest BCUT2D eigenvalue weighted by Gasteiger charge is 2.18. The molecule has 8 nitrogen and oxygen atoms in total. The minimum absolute atomic E-state index is 0.0331. The number of nitrogens with zero attached hydrogens (tertiary/aromatic N) is 1. The van der Waals surface area contributed by atoms with Gasteiger partial charge in [0.2, 0.25) is 11.8 Å². The van der Waals surface area contributed by atoms with E-state index in [2.05, 4.69) is 5.32 Å². The Morgan fingerprint density at radius 3 is 2.43 bits per heavy atom. The molecule has 2 amide bonds. The van der Waals surface area contributed by atoms with Crippen LogP contribution in [0.2, 0.25) is 0 Å². The van der Waals surface area contributed by atoms with E-state index in [1.807, 2.05) is 30.3 Å². The molecule has 0 spiro atoms. The van der Waals surface area contributed by atoms with Crippen molar-refractivity contribution in [1.29, 1.82) is 0 Å². The number of nitrogens with two attached hydrogens (primary N) is 1.